The lowest BCUT2D eigenvalue weighted by Crippen LogP contribution is -2.60. The number of nitrogens with two attached hydrogens (primary N) is 2. The summed E-state index contributed by atoms with van der Waals surface area (Å²) in [5.74, 6) is -4.03. The smallest absolute Gasteiger partial charge is 0.326 e. The highest BCUT2D eigenvalue weighted by molar-refractivity contribution is 7.98. The summed E-state index contributed by atoms with van der Waals surface area (Å²) in [7, 11) is 0. The highest BCUT2D eigenvalue weighted by Gasteiger charge is 2.32. The monoisotopic (exact) mass is 515 g/mol. The molecular formula is C20H33N7O7S. The molecule has 0 radical (unpaired) electrons. The van der Waals surface area contributed by atoms with Crippen LogP contribution in [0.1, 0.15) is 31.9 Å². The summed E-state index contributed by atoms with van der Waals surface area (Å²) < 4.78 is 0. The number of imidazole rings is 1. The number of carboxylic acids is 1. The van der Waals surface area contributed by atoms with Gasteiger partial charge in [0, 0.05) is 24.7 Å². The molecule has 0 spiro atoms. The van der Waals surface area contributed by atoms with Crippen LogP contribution in [0.5, 0.6) is 0 Å². The van der Waals surface area contributed by atoms with E-state index in [4.69, 9.17) is 11.5 Å². The number of carbonyl (C=O) groups excluding carboxylic acids is 4. The normalized spacial score (nSPS) is 15.2. The average molecular weight is 516 g/mol. The SMILES string of the molecule is CSCCC(NC(=O)C(NC(=O)C(CCC(N)=O)NC(=O)C(N)Cc1cnc[nH]1)C(C)O)C(=O)O. The van der Waals surface area contributed by atoms with Gasteiger partial charge in [-0.1, -0.05) is 0 Å². The van der Waals surface area contributed by atoms with Gasteiger partial charge in [0.1, 0.15) is 18.1 Å². The Morgan fingerprint density at radius 2 is 1.74 bits per heavy atom. The molecule has 1 rings (SSSR count). The molecule has 0 aliphatic heterocycles. The first-order valence-electron chi connectivity index (χ1n) is 10.8. The maximum Gasteiger partial charge on any atom is 0.326 e. The standard InChI is InChI=1S/C20H33N7O7S/c1-10(28)16(19(32)26-14(20(33)34)5-6-35-2)27-18(31)13(3-4-15(22)29)25-17(30)12(21)7-11-8-23-9-24-11/h8-10,12-14,16,28H,3-7,21H2,1-2H3,(H2,22,29)(H,23,24)(H,25,30)(H,26,32)(H,27,31)(H,33,34). The maximum atomic E-state index is 12.9. The van der Waals surface area contributed by atoms with Crippen molar-refractivity contribution < 1.29 is 34.2 Å². The van der Waals surface area contributed by atoms with Gasteiger partial charge in [-0.15, -0.1) is 0 Å². The molecule has 10 N–H and O–H groups in total. The number of thioether (sulfide) groups is 1. The topological polar surface area (TPSA) is 243 Å². The van der Waals surface area contributed by atoms with Crippen LogP contribution >= 0.6 is 11.8 Å². The van der Waals surface area contributed by atoms with Gasteiger partial charge in [-0.05, 0) is 31.8 Å². The number of aromatic nitrogens is 2. The number of aliphatic carboxylic acids is 1. The van der Waals surface area contributed by atoms with Crippen molar-refractivity contribution in [2.75, 3.05) is 12.0 Å². The van der Waals surface area contributed by atoms with Crippen molar-refractivity contribution in [3.8, 4) is 0 Å². The minimum Gasteiger partial charge on any atom is -0.480 e. The van der Waals surface area contributed by atoms with Crippen molar-refractivity contribution in [2.24, 2.45) is 11.5 Å². The lowest BCUT2D eigenvalue weighted by atomic mass is 10.1. The first-order chi connectivity index (χ1) is 16.5. The number of aromatic amines is 1. The summed E-state index contributed by atoms with van der Waals surface area (Å²) in [5.41, 5.74) is 11.6. The summed E-state index contributed by atoms with van der Waals surface area (Å²) in [6.45, 7) is 1.24. The predicted molar refractivity (Wildman–Crippen MR) is 127 cm³/mol. The summed E-state index contributed by atoms with van der Waals surface area (Å²) in [4.78, 5) is 67.4. The van der Waals surface area contributed by atoms with E-state index in [2.05, 4.69) is 25.9 Å². The van der Waals surface area contributed by atoms with Crippen molar-refractivity contribution >= 4 is 41.4 Å². The molecule has 35 heavy (non-hydrogen) atoms. The number of H-pyrrole nitrogens is 1. The second-order valence-electron chi connectivity index (χ2n) is 7.86. The van der Waals surface area contributed by atoms with Crippen molar-refractivity contribution in [3.05, 3.63) is 18.2 Å². The fraction of sp³-hybridized carbons (Fsp3) is 0.600. The van der Waals surface area contributed by atoms with Crippen LogP contribution in [0.15, 0.2) is 12.5 Å². The Kier molecular flexibility index (Phi) is 12.8. The lowest BCUT2D eigenvalue weighted by Gasteiger charge is -2.26. The van der Waals surface area contributed by atoms with E-state index >= 15 is 0 Å². The molecule has 15 heteroatoms. The Morgan fingerprint density at radius 1 is 1.09 bits per heavy atom. The Balaban J connectivity index is 2.92. The van der Waals surface area contributed by atoms with E-state index in [9.17, 15) is 34.2 Å². The molecule has 5 atom stereocenters. The number of hydrogen-bond donors (Lipinski definition) is 8. The minimum absolute atomic E-state index is 0.0985. The Labute approximate surface area is 206 Å². The van der Waals surface area contributed by atoms with Crippen LogP contribution in [0.25, 0.3) is 0 Å². The number of aliphatic hydroxyl groups is 1. The van der Waals surface area contributed by atoms with Gasteiger partial charge in [0.2, 0.25) is 23.6 Å². The Hall–Kier alpha value is -3.17. The van der Waals surface area contributed by atoms with Crippen molar-refractivity contribution in [2.45, 2.75) is 62.9 Å². The minimum atomic E-state index is -1.52. The first-order valence-corrected chi connectivity index (χ1v) is 12.2. The quantitative estimate of drug-likeness (QED) is 0.112. The fourth-order valence-corrected chi connectivity index (χ4v) is 3.45. The molecule has 1 aromatic rings. The summed E-state index contributed by atoms with van der Waals surface area (Å²) in [6.07, 6.45) is 3.07. The van der Waals surface area contributed by atoms with E-state index in [1.807, 2.05) is 0 Å². The molecule has 0 bridgehead atoms. The number of hydrogen-bond acceptors (Lipinski definition) is 9. The largest absolute Gasteiger partial charge is 0.480 e. The molecule has 5 unspecified atom stereocenters. The number of rotatable bonds is 16. The van der Waals surface area contributed by atoms with Crippen LogP contribution in [-0.4, -0.2) is 92.1 Å². The highest BCUT2D eigenvalue weighted by Crippen LogP contribution is 2.05. The predicted octanol–water partition coefficient (Wildman–Crippen LogP) is -2.78. The van der Waals surface area contributed by atoms with E-state index in [1.165, 1.54) is 31.2 Å². The molecule has 0 saturated carbocycles. The molecule has 196 valence electrons. The number of nitrogens with zero attached hydrogens (tertiary/aromatic N) is 1. The van der Waals surface area contributed by atoms with E-state index in [0.29, 0.717) is 11.4 Å². The zero-order valence-electron chi connectivity index (χ0n) is 19.5. The van der Waals surface area contributed by atoms with Crippen molar-refractivity contribution in [3.63, 3.8) is 0 Å². The molecule has 1 heterocycles. The van der Waals surface area contributed by atoms with Crippen LogP contribution in [0.3, 0.4) is 0 Å². The van der Waals surface area contributed by atoms with Gasteiger partial charge < -0.3 is 42.6 Å². The molecule has 0 saturated heterocycles. The Bertz CT molecular complexity index is 866. The Morgan fingerprint density at radius 3 is 2.26 bits per heavy atom. The number of amides is 4. The van der Waals surface area contributed by atoms with E-state index in [1.54, 1.807) is 6.26 Å². The van der Waals surface area contributed by atoms with E-state index in [-0.39, 0.29) is 25.7 Å². The van der Waals surface area contributed by atoms with E-state index < -0.39 is 59.9 Å². The summed E-state index contributed by atoms with van der Waals surface area (Å²) in [6, 6.07) is -5.10. The van der Waals surface area contributed by atoms with Gasteiger partial charge in [0.05, 0.1) is 18.5 Å². The summed E-state index contributed by atoms with van der Waals surface area (Å²) in [5, 5.41) is 26.4. The highest BCUT2D eigenvalue weighted by atomic mass is 32.2. The zero-order chi connectivity index (χ0) is 26.5. The molecule has 14 nitrogen and oxygen atoms in total. The van der Waals surface area contributed by atoms with Gasteiger partial charge in [-0.25, -0.2) is 9.78 Å². The first kappa shape index (κ1) is 29.9. The second-order valence-corrected chi connectivity index (χ2v) is 8.85. The van der Waals surface area contributed by atoms with Gasteiger partial charge in [-0.3, -0.25) is 19.2 Å². The molecule has 0 fully saturated rings. The number of carboxylic acid groups (broad SMARTS) is 1. The van der Waals surface area contributed by atoms with Gasteiger partial charge in [0.15, 0.2) is 0 Å². The maximum absolute atomic E-state index is 12.9. The van der Waals surface area contributed by atoms with Crippen molar-refractivity contribution in [1.82, 2.24) is 25.9 Å². The van der Waals surface area contributed by atoms with Gasteiger partial charge in [-0.2, -0.15) is 11.8 Å². The molecule has 0 aliphatic rings. The van der Waals surface area contributed by atoms with Crippen LogP contribution in [-0.2, 0) is 30.4 Å². The van der Waals surface area contributed by atoms with Crippen LogP contribution < -0.4 is 27.4 Å². The number of carbonyl (C=O) groups is 5. The third kappa shape index (κ3) is 10.7. The molecule has 0 aromatic carbocycles. The second kappa shape index (κ2) is 15.0. The van der Waals surface area contributed by atoms with Crippen molar-refractivity contribution in [1.29, 1.82) is 0 Å². The van der Waals surface area contributed by atoms with E-state index in [0.717, 1.165) is 0 Å². The van der Waals surface area contributed by atoms with Gasteiger partial charge >= 0.3 is 5.97 Å². The van der Waals surface area contributed by atoms with Crippen LogP contribution in [0.4, 0.5) is 0 Å². The molecular weight excluding hydrogens is 482 g/mol. The fourth-order valence-electron chi connectivity index (χ4n) is 2.97. The zero-order valence-corrected chi connectivity index (χ0v) is 20.3. The number of primary amides is 1. The summed E-state index contributed by atoms with van der Waals surface area (Å²) >= 11 is 1.39. The number of aliphatic hydroxyl groups excluding tert-OH is 1. The molecule has 4 amide bonds. The van der Waals surface area contributed by atoms with Crippen LogP contribution in [0.2, 0.25) is 0 Å². The molecule has 0 aliphatic carbocycles. The molecule has 1 aromatic heterocycles. The van der Waals surface area contributed by atoms with Crippen LogP contribution in [0, 0.1) is 0 Å². The lowest BCUT2D eigenvalue weighted by molar-refractivity contribution is -0.143. The third-order valence-corrected chi connectivity index (χ3v) is 5.58. The number of nitrogens with one attached hydrogen (secondary N) is 4. The third-order valence-electron chi connectivity index (χ3n) is 4.93. The average Bonchev–Trinajstić information content (AvgIpc) is 3.29. The van der Waals surface area contributed by atoms with Gasteiger partial charge in [0.25, 0.3) is 0 Å².